The molecule has 1 saturated carbocycles. The third kappa shape index (κ3) is 1.05. The van der Waals surface area contributed by atoms with Crippen LogP contribution >= 0.6 is 0 Å². The van der Waals surface area contributed by atoms with Crippen molar-refractivity contribution in [1.29, 1.82) is 0 Å². The lowest BCUT2D eigenvalue weighted by Crippen LogP contribution is -2.24. The van der Waals surface area contributed by atoms with E-state index >= 15 is 0 Å². The summed E-state index contributed by atoms with van der Waals surface area (Å²) in [5.74, 6) is 0.588. The molecule has 2 nitrogen and oxygen atoms in total. The number of fused-ring (bicyclic) bond motifs is 2. The number of ether oxygens (including phenoxy) is 1. The molecular weight excluding hydrogens is 140 g/mol. The van der Waals surface area contributed by atoms with E-state index in [4.69, 9.17) is 4.74 Å². The van der Waals surface area contributed by atoms with Gasteiger partial charge in [-0.1, -0.05) is 13.8 Å². The molecule has 0 spiro atoms. The Kier molecular flexibility index (Phi) is 1.29. The van der Waals surface area contributed by atoms with E-state index in [0.717, 1.165) is 12.8 Å². The summed E-state index contributed by atoms with van der Waals surface area (Å²) in [4.78, 5) is 11.0. The zero-order valence-corrected chi connectivity index (χ0v) is 7.09. The summed E-state index contributed by atoms with van der Waals surface area (Å²) in [7, 11) is 0. The first-order valence-corrected chi connectivity index (χ1v) is 4.27. The molecule has 2 fully saturated rings. The summed E-state index contributed by atoms with van der Waals surface area (Å²) in [5.41, 5.74) is 0.330. The lowest BCUT2D eigenvalue weighted by Gasteiger charge is -2.25. The number of hydrogen-bond acceptors (Lipinski definition) is 2. The van der Waals surface area contributed by atoms with Crippen LogP contribution in [0.3, 0.4) is 0 Å². The first kappa shape index (κ1) is 7.14. The van der Waals surface area contributed by atoms with E-state index in [1.165, 1.54) is 0 Å². The highest BCUT2D eigenvalue weighted by molar-refractivity contribution is 5.71. The van der Waals surface area contributed by atoms with E-state index in [-0.39, 0.29) is 12.1 Å². The number of carbonyl (C=O) groups excluding carboxylic acids is 1. The first-order chi connectivity index (χ1) is 5.08. The van der Waals surface area contributed by atoms with Crippen LogP contribution in [-0.2, 0) is 9.53 Å². The van der Waals surface area contributed by atoms with Crippen molar-refractivity contribution in [3.63, 3.8) is 0 Å². The Hall–Kier alpha value is -0.530. The minimum Gasteiger partial charge on any atom is -0.462 e. The first-order valence-electron chi connectivity index (χ1n) is 4.27. The molecule has 2 unspecified atom stereocenters. The highest BCUT2D eigenvalue weighted by Gasteiger charge is 2.46. The Bertz CT molecular complexity index is 196. The molecule has 1 aliphatic heterocycles. The molecule has 2 heteroatoms. The second-order valence-electron chi connectivity index (χ2n) is 4.44. The molecule has 2 aliphatic rings. The van der Waals surface area contributed by atoms with Crippen molar-refractivity contribution in [2.24, 2.45) is 11.3 Å². The predicted octanol–water partition coefficient (Wildman–Crippen LogP) is 1.74. The fourth-order valence-electron chi connectivity index (χ4n) is 2.36. The summed E-state index contributed by atoms with van der Waals surface area (Å²) in [6, 6.07) is 0. The molecule has 62 valence electrons. The van der Waals surface area contributed by atoms with Gasteiger partial charge >= 0.3 is 5.97 Å². The third-order valence-electron chi connectivity index (χ3n) is 3.12. The van der Waals surface area contributed by atoms with Crippen molar-refractivity contribution < 1.29 is 9.53 Å². The van der Waals surface area contributed by atoms with Crippen LogP contribution in [0.15, 0.2) is 0 Å². The van der Waals surface area contributed by atoms with Gasteiger partial charge in [-0.25, -0.2) is 0 Å². The zero-order valence-electron chi connectivity index (χ0n) is 7.09. The standard InChI is InChI=1S/C9H14O2/c1-9(2)5-7-3-6(9)4-8(10)11-7/h6-7H,3-5H2,1-2H3. The summed E-state index contributed by atoms with van der Waals surface area (Å²) in [6.07, 6.45) is 3.03. The Morgan fingerprint density at radius 1 is 1.55 bits per heavy atom. The van der Waals surface area contributed by atoms with Crippen LogP contribution in [0.4, 0.5) is 0 Å². The van der Waals surface area contributed by atoms with Gasteiger partial charge in [0.15, 0.2) is 0 Å². The maximum atomic E-state index is 11.0. The van der Waals surface area contributed by atoms with Crippen molar-refractivity contribution in [3.05, 3.63) is 0 Å². The van der Waals surface area contributed by atoms with Gasteiger partial charge < -0.3 is 4.74 Å². The van der Waals surface area contributed by atoms with Crippen LogP contribution in [0.5, 0.6) is 0 Å². The second kappa shape index (κ2) is 1.99. The van der Waals surface area contributed by atoms with E-state index in [1.807, 2.05) is 0 Å². The summed E-state index contributed by atoms with van der Waals surface area (Å²) >= 11 is 0. The third-order valence-corrected chi connectivity index (χ3v) is 3.12. The Morgan fingerprint density at radius 3 is 2.91 bits per heavy atom. The fourth-order valence-corrected chi connectivity index (χ4v) is 2.36. The number of hydrogen-bond donors (Lipinski definition) is 0. The quantitative estimate of drug-likeness (QED) is 0.497. The van der Waals surface area contributed by atoms with Gasteiger partial charge in [-0.15, -0.1) is 0 Å². The molecule has 0 aromatic rings. The molecule has 2 bridgehead atoms. The van der Waals surface area contributed by atoms with Gasteiger partial charge in [-0.3, -0.25) is 4.79 Å². The summed E-state index contributed by atoms with van der Waals surface area (Å²) < 4.78 is 5.17. The summed E-state index contributed by atoms with van der Waals surface area (Å²) in [6.45, 7) is 4.47. The molecule has 0 N–H and O–H groups in total. The molecule has 0 aromatic carbocycles. The van der Waals surface area contributed by atoms with Gasteiger partial charge in [0.05, 0.1) is 0 Å². The Labute approximate surface area is 66.9 Å². The van der Waals surface area contributed by atoms with Crippen molar-refractivity contribution in [2.45, 2.75) is 39.2 Å². The number of rotatable bonds is 0. The normalized spacial score (nSPS) is 40.4. The lowest BCUT2D eigenvalue weighted by atomic mass is 9.80. The Morgan fingerprint density at radius 2 is 2.27 bits per heavy atom. The van der Waals surface area contributed by atoms with E-state index < -0.39 is 0 Å². The van der Waals surface area contributed by atoms with Crippen LogP contribution in [0.1, 0.15) is 33.1 Å². The van der Waals surface area contributed by atoms with Gasteiger partial charge in [-0.05, 0) is 24.2 Å². The number of esters is 1. The van der Waals surface area contributed by atoms with Gasteiger partial charge in [0.25, 0.3) is 0 Å². The maximum Gasteiger partial charge on any atom is 0.306 e. The minimum atomic E-state index is 0.0109. The molecule has 1 heterocycles. The largest absolute Gasteiger partial charge is 0.462 e. The smallest absolute Gasteiger partial charge is 0.306 e. The molecule has 0 amide bonds. The average molecular weight is 154 g/mol. The SMILES string of the molecule is CC1(C)CC2CC1CC(=O)O2. The highest BCUT2D eigenvalue weighted by atomic mass is 16.5. The van der Waals surface area contributed by atoms with Gasteiger partial charge in [0, 0.05) is 6.42 Å². The van der Waals surface area contributed by atoms with Crippen molar-refractivity contribution in [3.8, 4) is 0 Å². The van der Waals surface area contributed by atoms with Gasteiger partial charge in [-0.2, -0.15) is 0 Å². The second-order valence-corrected chi connectivity index (χ2v) is 4.44. The van der Waals surface area contributed by atoms with Crippen LogP contribution < -0.4 is 0 Å². The maximum absolute atomic E-state index is 11.0. The lowest BCUT2D eigenvalue weighted by molar-refractivity contribution is -0.153. The topological polar surface area (TPSA) is 26.3 Å². The Balaban J connectivity index is 2.21. The molecule has 0 aromatic heterocycles. The molecule has 2 atom stereocenters. The number of carbonyl (C=O) groups is 1. The van der Waals surface area contributed by atoms with Crippen molar-refractivity contribution in [2.75, 3.05) is 0 Å². The van der Waals surface area contributed by atoms with E-state index in [0.29, 0.717) is 17.8 Å². The molecule has 1 aliphatic carbocycles. The van der Waals surface area contributed by atoms with Gasteiger partial charge in [0.2, 0.25) is 0 Å². The minimum absolute atomic E-state index is 0.0109. The van der Waals surface area contributed by atoms with E-state index in [9.17, 15) is 4.79 Å². The molecular formula is C9H14O2. The highest BCUT2D eigenvalue weighted by Crippen LogP contribution is 2.48. The predicted molar refractivity (Wildman–Crippen MR) is 41.0 cm³/mol. The van der Waals surface area contributed by atoms with E-state index in [2.05, 4.69) is 13.8 Å². The van der Waals surface area contributed by atoms with Gasteiger partial charge in [0.1, 0.15) is 6.10 Å². The van der Waals surface area contributed by atoms with Crippen LogP contribution in [0, 0.1) is 11.3 Å². The molecule has 11 heavy (non-hydrogen) atoms. The molecule has 2 rings (SSSR count). The van der Waals surface area contributed by atoms with Crippen LogP contribution in [0.25, 0.3) is 0 Å². The monoisotopic (exact) mass is 154 g/mol. The molecule has 1 saturated heterocycles. The van der Waals surface area contributed by atoms with Crippen molar-refractivity contribution >= 4 is 5.97 Å². The van der Waals surface area contributed by atoms with Crippen LogP contribution in [0.2, 0.25) is 0 Å². The average Bonchev–Trinajstić information content (AvgIpc) is 2.02. The van der Waals surface area contributed by atoms with Crippen LogP contribution in [-0.4, -0.2) is 12.1 Å². The van der Waals surface area contributed by atoms with E-state index in [1.54, 1.807) is 0 Å². The van der Waals surface area contributed by atoms with Crippen molar-refractivity contribution in [1.82, 2.24) is 0 Å². The molecule has 0 radical (unpaired) electrons. The summed E-state index contributed by atoms with van der Waals surface area (Å²) in [5, 5.41) is 0. The zero-order chi connectivity index (χ0) is 8.06. The fraction of sp³-hybridized carbons (Fsp3) is 0.889.